The fourth-order valence-corrected chi connectivity index (χ4v) is 2.90. The van der Waals surface area contributed by atoms with Crippen molar-refractivity contribution in [1.82, 2.24) is 5.32 Å². The van der Waals surface area contributed by atoms with Crippen molar-refractivity contribution in [3.05, 3.63) is 29.3 Å². The van der Waals surface area contributed by atoms with E-state index in [1.54, 1.807) is 7.11 Å². The molecule has 0 amide bonds. The zero-order valence-electron chi connectivity index (χ0n) is 10.8. The number of ether oxygens (including phenoxy) is 1. The van der Waals surface area contributed by atoms with E-state index < -0.39 is 10.8 Å². The van der Waals surface area contributed by atoms with Crippen LogP contribution < -0.4 is 10.1 Å². The molecule has 0 saturated heterocycles. The summed E-state index contributed by atoms with van der Waals surface area (Å²) in [5.74, 6) is 2.16. The molecule has 0 aliphatic heterocycles. The second-order valence-electron chi connectivity index (χ2n) is 3.96. The van der Waals surface area contributed by atoms with Gasteiger partial charge >= 0.3 is 0 Å². The van der Waals surface area contributed by atoms with E-state index in [1.165, 1.54) is 5.56 Å². The molecule has 1 N–H and O–H groups in total. The highest BCUT2D eigenvalue weighted by Gasteiger charge is 2.08. The van der Waals surface area contributed by atoms with Crippen LogP contribution in [0.25, 0.3) is 0 Å². The van der Waals surface area contributed by atoms with Crippen LogP contribution in [0.5, 0.6) is 5.75 Å². The van der Waals surface area contributed by atoms with Gasteiger partial charge in [-0.05, 0) is 31.2 Å². The normalized spacial score (nSPS) is 12.4. The first kappa shape index (κ1) is 14.2. The molecule has 0 aliphatic rings. The second-order valence-corrected chi connectivity index (χ2v) is 5.54. The maximum atomic E-state index is 11.8. The van der Waals surface area contributed by atoms with Gasteiger partial charge in [0, 0.05) is 28.7 Å². The first-order valence-electron chi connectivity index (χ1n) is 5.86. The largest absolute Gasteiger partial charge is 0.496 e. The molecule has 0 aliphatic carbocycles. The van der Waals surface area contributed by atoms with E-state index >= 15 is 0 Å². The van der Waals surface area contributed by atoms with Gasteiger partial charge in [0.15, 0.2) is 0 Å². The van der Waals surface area contributed by atoms with Gasteiger partial charge in [0.25, 0.3) is 0 Å². The van der Waals surface area contributed by atoms with Crippen molar-refractivity contribution in [2.45, 2.75) is 25.6 Å². The summed E-state index contributed by atoms with van der Waals surface area (Å²) in [7, 11) is 2.77. The summed E-state index contributed by atoms with van der Waals surface area (Å²) >= 11 is 0. The minimum atomic E-state index is -0.796. The van der Waals surface area contributed by atoms with Crippen molar-refractivity contribution in [1.29, 1.82) is 0 Å². The van der Waals surface area contributed by atoms with Gasteiger partial charge in [-0.2, -0.15) is 0 Å². The topological polar surface area (TPSA) is 38.3 Å². The Morgan fingerprint density at radius 2 is 2.18 bits per heavy atom. The Balaban J connectivity index is 2.85. The van der Waals surface area contributed by atoms with Crippen molar-refractivity contribution in [3.8, 4) is 5.75 Å². The highest BCUT2D eigenvalue weighted by atomic mass is 32.2. The number of rotatable bonds is 7. The van der Waals surface area contributed by atoms with Crippen LogP contribution in [0.4, 0.5) is 0 Å². The van der Waals surface area contributed by atoms with Crippen LogP contribution >= 0.6 is 0 Å². The average molecular weight is 255 g/mol. The van der Waals surface area contributed by atoms with E-state index in [1.807, 2.05) is 26.1 Å². The molecule has 17 heavy (non-hydrogen) atoms. The second kappa shape index (κ2) is 7.45. The summed E-state index contributed by atoms with van der Waals surface area (Å²) in [6, 6.07) is 6.05. The summed E-state index contributed by atoms with van der Waals surface area (Å²) < 4.78 is 17.1. The van der Waals surface area contributed by atoms with Crippen molar-refractivity contribution >= 4 is 10.8 Å². The molecular weight excluding hydrogens is 234 g/mol. The first-order chi connectivity index (χ1) is 8.21. The SMILES string of the molecule is CCCS(=O)Cc1cc(CNC)ccc1OC. The van der Waals surface area contributed by atoms with E-state index in [0.717, 1.165) is 30.0 Å². The molecular formula is C13H21NO2S. The molecule has 3 nitrogen and oxygen atoms in total. The van der Waals surface area contributed by atoms with E-state index in [9.17, 15) is 4.21 Å². The highest BCUT2D eigenvalue weighted by Crippen LogP contribution is 2.21. The van der Waals surface area contributed by atoms with E-state index in [2.05, 4.69) is 11.4 Å². The summed E-state index contributed by atoms with van der Waals surface area (Å²) in [6.07, 6.45) is 0.950. The maximum Gasteiger partial charge on any atom is 0.123 e. The molecule has 0 saturated carbocycles. The molecule has 0 radical (unpaired) electrons. The minimum Gasteiger partial charge on any atom is -0.496 e. The van der Waals surface area contributed by atoms with Crippen molar-refractivity contribution in [2.75, 3.05) is 19.9 Å². The zero-order chi connectivity index (χ0) is 12.7. The summed E-state index contributed by atoms with van der Waals surface area (Å²) in [5.41, 5.74) is 2.23. The Labute approximate surface area is 106 Å². The lowest BCUT2D eigenvalue weighted by atomic mass is 10.1. The van der Waals surface area contributed by atoms with Crippen LogP contribution in [-0.4, -0.2) is 24.1 Å². The van der Waals surface area contributed by atoms with Crippen LogP contribution in [0.3, 0.4) is 0 Å². The van der Waals surface area contributed by atoms with Gasteiger partial charge in [0.05, 0.1) is 12.9 Å². The number of hydrogen-bond donors (Lipinski definition) is 1. The molecule has 1 aromatic carbocycles. The van der Waals surface area contributed by atoms with Crippen LogP contribution in [0.2, 0.25) is 0 Å². The molecule has 96 valence electrons. The Morgan fingerprint density at radius 3 is 2.76 bits per heavy atom. The Morgan fingerprint density at radius 1 is 1.41 bits per heavy atom. The van der Waals surface area contributed by atoms with Crippen molar-refractivity contribution < 1.29 is 8.95 Å². The quantitative estimate of drug-likeness (QED) is 0.810. The van der Waals surface area contributed by atoms with Crippen LogP contribution in [0.1, 0.15) is 24.5 Å². The lowest BCUT2D eigenvalue weighted by molar-refractivity contribution is 0.411. The van der Waals surface area contributed by atoms with Gasteiger partial charge in [-0.1, -0.05) is 13.0 Å². The summed E-state index contributed by atoms with van der Waals surface area (Å²) in [5, 5.41) is 3.11. The molecule has 0 heterocycles. The first-order valence-corrected chi connectivity index (χ1v) is 7.35. The Hall–Kier alpha value is -0.870. The third-order valence-corrected chi connectivity index (χ3v) is 3.97. The fourth-order valence-electron chi connectivity index (χ4n) is 1.73. The van der Waals surface area contributed by atoms with Crippen LogP contribution in [-0.2, 0) is 23.1 Å². The predicted octanol–water partition coefficient (Wildman–Crippen LogP) is 2.07. The number of nitrogens with one attached hydrogen (secondary N) is 1. The lowest BCUT2D eigenvalue weighted by Crippen LogP contribution is -2.07. The smallest absolute Gasteiger partial charge is 0.123 e. The number of methoxy groups -OCH3 is 1. The van der Waals surface area contributed by atoms with E-state index in [4.69, 9.17) is 4.74 Å². The van der Waals surface area contributed by atoms with Crippen LogP contribution in [0, 0.1) is 0 Å². The molecule has 1 atom stereocenters. The maximum absolute atomic E-state index is 11.8. The average Bonchev–Trinajstić information content (AvgIpc) is 2.30. The molecule has 1 unspecified atom stereocenters. The van der Waals surface area contributed by atoms with E-state index in [0.29, 0.717) is 5.75 Å². The van der Waals surface area contributed by atoms with E-state index in [-0.39, 0.29) is 0 Å². The molecule has 0 aromatic heterocycles. The summed E-state index contributed by atoms with van der Waals surface area (Å²) in [6.45, 7) is 2.87. The molecule has 1 aromatic rings. The predicted molar refractivity (Wildman–Crippen MR) is 72.8 cm³/mol. The lowest BCUT2D eigenvalue weighted by Gasteiger charge is -2.10. The Kier molecular flexibility index (Phi) is 6.22. The van der Waals surface area contributed by atoms with Crippen molar-refractivity contribution in [3.63, 3.8) is 0 Å². The van der Waals surface area contributed by atoms with Gasteiger partial charge < -0.3 is 10.1 Å². The molecule has 0 spiro atoms. The van der Waals surface area contributed by atoms with Gasteiger partial charge in [0.2, 0.25) is 0 Å². The van der Waals surface area contributed by atoms with Crippen molar-refractivity contribution in [2.24, 2.45) is 0 Å². The minimum absolute atomic E-state index is 0.578. The van der Waals surface area contributed by atoms with Gasteiger partial charge in [-0.15, -0.1) is 0 Å². The number of benzene rings is 1. The van der Waals surface area contributed by atoms with Crippen LogP contribution in [0.15, 0.2) is 18.2 Å². The Bertz CT molecular complexity index is 380. The fraction of sp³-hybridized carbons (Fsp3) is 0.538. The molecule has 0 fully saturated rings. The molecule has 4 heteroatoms. The number of hydrogen-bond acceptors (Lipinski definition) is 3. The summed E-state index contributed by atoms with van der Waals surface area (Å²) in [4.78, 5) is 0. The molecule has 1 rings (SSSR count). The standard InChI is InChI=1S/C13H21NO2S/c1-4-7-17(15)10-12-8-11(9-14-2)5-6-13(12)16-3/h5-6,8,14H,4,7,9-10H2,1-3H3. The zero-order valence-corrected chi connectivity index (χ0v) is 11.6. The molecule has 0 bridgehead atoms. The monoisotopic (exact) mass is 255 g/mol. The highest BCUT2D eigenvalue weighted by molar-refractivity contribution is 7.84. The van der Waals surface area contributed by atoms with Gasteiger partial charge in [-0.25, -0.2) is 0 Å². The van der Waals surface area contributed by atoms with Gasteiger partial charge in [-0.3, -0.25) is 4.21 Å². The third-order valence-electron chi connectivity index (χ3n) is 2.47. The third kappa shape index (κ3) is 4.48. The van der Waals surface area contributed by atoms with Gasteiger partial charge in [0.1, 0.15) is 5.75 Å².